The number of rotatable bonds is 4. The fraction of sp³-hybridized carbons (Fsp3) is 0.250. The van der Waals surface area contributed by atoms with Crippen molar-refractivity contribution in [2.45, 2.75) is 11.8 Å². The van der Waals surface area contributed by atoms with Gasteiger partial charge in [0.25, 0.3) is 10.0 Å². The van der Waals surface area contributed by atoms with E-state index in [1.807, 2.05) is 14.1 Å². The Labute approximate surface area is 122 Å². The maximum Gasteiger partial charge on any atom is 0.265 e. The molecule has 1 aromatic heterocycles. The summed E-state index contributed by atoms with van der Waals surface area (Å²) in [6.07, 6.45) is 1.28. The molecule has 1 heterocycles. The molecule has 0 atom stereocenters. The fourth-order valence-corrected chi connectivity index (χ4v) is 3.17. The van der Waals surface area contributed by atoms with Gasteiger partial charge in [0.15, 0.2) is 0 Å². The first kappa shape index (κ1) is 14.7. The number of anilines is 2. The molecule has 0 saturated carbocycles. The Morgan fingerprint density at radius 3 is 2.60 bits per heavy atom. The summed E-state index contributed by atoms with van der Waals surface area (Å²) in [7, 11) is -0.0554. The van der Waals surface area contributed by atoms with E-state index in [1.54, 1.807) is 30.0 Å². The lowest BCUT2D eigenvalue weighted by atomic mass is 10.2. The molecule has 108 valence electrons. The van der Waals surface area contributed by atoms with Crippen LogP contribution in [0.25, 0.3) is 0 Å². The van der Waals surface area contributed by atoms with Crippen LogP contribution in [0, 0.1) is 6.92 Å². The Bertz CT molecular complexity index is 725. The first-order valence-corrected chi connectivity index (χ1v) is 7.67. The van der Waals surface area contributed by atoms with E-state index in [9.17, 15) is 8.42 Å². The molecular weight excluding hydrogens is 300 g/mol. The minimum Gasteiger partial charge on any atom is -0.376 e. The van der Waals surface area contributed by atoms with Crippen molar-refractivity contribution in [3.63, 3.8) is 0 Å². The van der Waals surface area contributed by atoms with Gasteiger partial charge in [0.1, 0.15) is 4.90 Å². The van der Waals surface area contributed by atoms with Crippen LogP contribution < -0.4 is 9.62 Å². The third-order valence-electron chi connectivity index (χ3n) is 2.76. The van der Waals surface area contributed by atoms with Gasteiger partial charge in [-0.05, 0) is 25.1 Å². The fourth-order valence-electron chi connectivity index (χ4n) is 1.79. The van der Waals surface area contributed by atoms with Crippen molar-refractivity contribution in [3.05, 3.63) is 35.1 Å². The van der Waals surface area contributed by atoms with E-state index in [0.29, 0.717) is 16.4 Å². The summed E-state index contributed by atoms with van der Waals surface area (Å²) in [6.45, 7) is 1.65. The summed E-state index contributed by atoms with van der Waals surface area (Å²) in [6, 6.07) is 5.03. The SMILES string of the molecule is Cc1[nH]ncc1S(=O)(=O)Nc1cc(Cl)ccc1N(C)C. The first-order chi connectivity index (χ1) is 9.31. The lowest BCUT2D eigenvalue weighted by Gasteiger charge is -2.18. The van der Waals surface area contributed by atoms with Crippen LogP contribution in [-0.4, -0.2) is 32.7 Å². The molecular formula is C12H15ClN4O2S. The predicted molar refractivity (Wildman–Crippen MR) is 79.9 cm³/mol. The second-order valence-electron chi connectivity index (χ2n) is 4.52. The molecule has 0 spiro atoms. The highest BCUT2D eigenvalue weighted by Crippen LogP contribution is 2.30. The Morgan fingerprint density at radius 2 is 2.05 bits per heavy atom. The molecule has 8 heteroatoms. The minimum absolute atomic E-state index is 0.113. The maximum atomic E-state index is 12.3. The van der Waals surface area contributed by atoms with Crippen molar-refractivity contribution in [2.75, 3.05) is 23.7 Å². The summed E-state index contributed by atoms with van der Waals surface area (Å²) in [5.41, 5.74) is 1.62. The zero-order valence-corrected chi connectivity index (χ0v) is 12.9. The molecule has 2 aromatic rings. The third-order valence-corrected chi connectivity index (χ3v) is 4.47. The second-order valence-corrected chi connectivity index (χ2v) is 6.61. The van der Waals surface area contributed by atoms with Gasteiger partial charge in [-0.2, -0.15) is 5.10 Å². The van der Waals surface area contributed by atoms with Crippen LogP contribution in [0.4, 0.5) is 11.4 Å². The zero-order valence-electron chi connectivity index (χ0n) is 11.3. The summed E-state index contributed by atoms with van der Waals surface area (Å²) in [4.78, 5) is 1.92. The highest BCUT2D eigenvalue weighted by atomic mass is 35.5. The van der Waals surface area contributed by atoms with E-state index in [4.69, 9.17) is 11.6 Å². The smallest absolute Gasteiger partial charge is 0.265 e. The minimum atomic E-state index is -3.70. The van der Waals surface area contributed by atoms with Gasteiger partial charge in [0, 0.05) is 19.1 Å². The Morgan fingerprint density at radius 1 is 1.35 bits per heavy atom. The summed E-state index contributed by atoms with van der Waals surface area (Å²) >= 11 is 5.93. The number of aryl methyl sites for hydroxylation is 1. The van der Waals surface area contributed by atoms with Gasteiger partial charge < -0.3 is 4.90 Å². The number of nitrogens with one attached hydrogen (secondary N) is 2. The van der Waals surface area contributed by atoms with Crippen molar-refractivity contribution in [1.82, 2.24) is 10.2 Å². The number of hydrogen-bond acceptors (Lipinski definition) is 4. The average molecular weight is 315 g/mol. The molecule has 2 rings (SSSR count). The lowest BCUT2D eigenvalue weighted by molar-refractivity contribution is 0.600. The second kappa shape index (κ2) is 5.34. The number of benzene rings is 1. The maximum absolute atomic E-state index is 12.3. The van der Waals surface area contributed by atoms with Crippen LogP contribution in [-0.2, 0) is 10.0 Å². The molecule has 0 saturated heterocycles. The zero-order chi connectivity index (χ0) is 14.9. The van der Waals surface area contributed by atoms with Gasteiger partial charge in [0.05, 0.1) is 23.3 Å². The van der Waals surface area contributed by atoms with Gasteiger partial charge in [-0.1, -0.05) is 11.6 Å². The molecule has 6 nitrogen and oxygen atoms in total. The van der Waals surface area contributed by atoms with Crippen LogP contribution in [0.5, 0.6) is 0 Å². The van der Waals surface area contributed by atoms with Crippen LogP contribution in [0.1, 0.15) is 5.69 Å². The Balaban J connectivity index is 2.44. The molecule has 20 heavy (non-hydrogen) atoms. The first-order valence-electron chi connectivity index (χ1n) is 5.81. The predicted octanol–water partition coefficient (Wildman–Crippen LogP) is 2.24. The van der Waals surface area contributed by atoms with Crippen LogP contribution in [0.2, 0.25) is 5.02 Å². The molecule has 0 aliphatic rings. The average Bonchev–Trinajstić information content (AvgIpc) is 2.75. The molecule has 0 radical (unpaired) electrons. The van der Waals surface area contributed by atoms with Gasteiger partial charge in [0.2, 0.25) is 0 Å². The van der Waals surface area contributed by atoms with Crippen molar-refractivity contribution in [2.24, 2.45) is 0 Å². The van der Waals surface area contributed by atoms with E-state index in [0.717, 1.165) is 5.69 Å². The third kappa shape index (κ3) is 2.88. The molecule has 0 bridgehead atoms. The largest absolute Gasteiger partial charge is 0.376 e. The standard InChI is InChI=1S/C12H15ClN4O2S/c1-8-12(7-14-15-8)20(18,19)16-10-6-9(13)4-5-11(10)17(2)3/h4-7,16H,1-3H3,(H,14,15). The number of aromatic nitrogens is 2. The highest BCUT2D eigenvalue weighted by Gasteiger charge is 2.20. The summed E-state index contributed by atoms with van der Waals surface area (Å²) in [5, 5.41) is 6.78. The topological polar surface area (TPSA) is 78.1 Å². The van der Waals surface area contributed by atoms with Crippen molar-refractivity contribution >= 4 is 33.0 Å². The van der Waals surface area contributed by atoms with Gasteiger partial charge in [-0.3, -0.25) is 9.82 Å². The van der Waals surface area contributed by atoms with Crippen molar-refractivity contribution in [1.29, 1.82) is 0 Å². The van der Waals surface area contributed by atoms with Crippen LogP contribution in [0.15, 0.2) is 29.3 Å². The number of aromatic amines is 1. The molecule has 2 N–H and O–H groups in total. The van der Waals surface area contributed by atoms with E-state index >= 15 is 0 Å². The molecule has 0 aliphatic carbocycles. The van der Waals surface area contributed by atoms with Crippen molar-refractivity contribution < 1.29 is 8.42 Å². The number of H-pyrrole nitrogens is 1. The number of hydrogen-bond donors (Lipinski definition) is 2. The molecule has 0 amide bonds. The normalized spacial score (nSPS) is 11.4. The highest BCUT2D eigenvalue weighted by molar-refractivity contribution is 7.92. The van der Waals surface area contributed by atoms with Crippen LogP contribution in [0.3, 0.4) is 0 Å². The lowest BCUT2D eigenvalue weighted by Crippen LogP contribution is -2.17. The van der Waals surface area contributed by atoms with E-state index < -0.39 is 10.0 Å². The Kier molecular flexibility index (Phi) is 3.92. The van der Waals surface area contributed by atoms with Crippen LogP contribution >= 0.6 is 11.6 Å². The Hall–Kier alpha value is -1.73. The monoisotopic (exact) mass is 314 g/mol. The number of sulfonamides is 1. The number of halogens is 1. The van der Waals surface area contributed by atoms with E-state index in [2.05, 4.69) is 14.9 Å². The molecule has 0 unspecified atom stereocenters. The number of nitrogens with zero attached hydrogens (tertiary/aromatic N) is 2. The van der Waals surface area contributed by atoms with Gasteiger partial charge >= 0.3 is 0 Å². The van der Waals surface area contributed by atoms with Crippen molar-refractivity contribution in [3.8, 4) is 0 Å². The van der Waals surface area contributed by atoms with Gasteiger partial charge in [-0.25, -0.2) is 8.42 Å². The van der Waals surface area contributed by atoms with Gasteiger partial charge in [-0.15, -0.1) is 0 Å². The quantitative estimate of drug-likeness (QED) is 0.907. The summed E-state index contributed by atoms with van der Waals surface area (Å²) < 4.78 is 27.2. The van der Waals surface area contributed by atoms with E-state index in [-0.39, 0.29) is 4.90 Å². The van der Waals surface area contributed by atoms with E-state index in [1.165, 1.54) is 6.20 Å². The summed E-state index contributed by atoms with van der Waals surface area (Å²) in [5.74, 6) is 0. The molecule has 0 aliphatic heterocycles. The molecule has 1 aromatic carbocycles. The molecule has 0 fully saturated rings.